The summed E-state index contributed by atoms with van der Waals surface area (Å²) >= 11 is 0. The molecule has 0 bridgehead atoms. The molecule has 0 spiro atoms. The minimum atomic E-state index is -0.714. The van der Waals surface area contributed by atoms with Gasteiger partial charge in [0.25, 0.3) is 0 Å². The zero-order chi connectivity index (χ0) is 15.4. The van der Waals surface area contributed by atoms with Gasteiger partial charge in [-0.2, -0.15) is 0 Å². The Morgan fingerprint density at radius 1 is 1.52 bits per heavy atom. The molecular formula is C17H24FNO2. The normalized spacial score (nSPS) is 21.2. The number of carboxylic acid groups (broad SMARTS) is 1. The van der Waals surface area contributed by atoms with E-state index in [1.165, 1.54) is 6.07 Å². The Balaban J connectivity index is 1.96. The highest BCUT2D eigenvalue weighted by Crippen LogP contribution is 2.27. The van der Waals surface area contributed by atoms with Crippen molar-refractivity contribution in [2.24, 2.45) is 11.8 Å². The summed E-state index contributed by atoms with van der Waals surface area (Å²) in [6, 6.07) is 4.94. The number of aryl methyl sites for hydroxylation is 1. The number of hydrogen-bond acceptors (Lipinski definition) is 2. The SMILES string of the molecule is Cc1cc(F)ccc1CN1CCCC(C(C)CC(=O)O)C1. The highest BCUT2D eigenvalue weighted by atomic mass is 19.1. The van der Waals surface area contributed by atoms with Gasteiger partial charge in [0.15, 0.2) is 0 Å². The van der Waals surface area contributed by atoms with Gasteiger partial charge >= 0.3 is 5.97 Å². The zero-order valence-electron chi connectivity index (χ0n) is 12.8. The van der Waals surface area contributed by atoms with Crippen LogP contribution in [0.4, 0.5) is 4.39 Å². The van der Waals surface area contributed by atoms with Crippen molar-refractivity contribution in [2.75, 3.05) is 13.1 Å². The molecule has 1 saturated heterocycles. The number of rotatable bonds is 5. The van der Waals surface area contributed by atoms with Crippen LogP contribution in [0.15, 0.2) is 18.2 Å². The summed E-state index contributed by atoms with van der Waals surface area (Å²) < 4.78 is 13.1. The molecule has 2 atom stereocenters. The fourth-order valence-electron chi connectivity index (χ4n) is 3.22. The van der Waals surface area contributed by atoms with Crippen LogP contribution in [0, 0.1) is 24.6 Å². The first-order valence-electron chi connectivity index (χ1n) is 7.65. The van der Waals surface area contributed by atoms with Gasteiger partial charge in [-0.1, -0.05) is 13.0 Å². The molecule has 3 nitrogen and oxygen atoms in total. The van der Waals surface area contributed by atoms with Crippen molar-refractivity contribution < 1.29 is 14.3 Å². The standard InChI is InChI=1S/C17H24FNO2/c1-12-8-16(18)6-5-15(12)11-19-7-3-4-14(10-19)13(2)9-17(20)21/h5-6,8,13-14H,3-4,7,9-11H2,1-2H3,(H,20,21). The number of hydrogen-bond donors (Lipinski definition) is 1. The molecule has 4 heteroatoms. The third kappa shape index (κ3) is 4.53. The van der Waals surface area contributed by atoms with Crippen molar-refractivity contribution in [1.82, 2.24) is 4.90 Å². The molecule has 21 heavy (non-hydrogen) atoms. The molecule has 1 aromatic rings. The first-order chi connectivity index (χ1) is 9.95. The Labute approximate surface area is 125 Å². The summed E-state index contributed by atoms with van der Waals surface area (Å²) in [5.41, 5.74) is 2.14. The molecule has 1 aliphatic heterocycles. The fraction of sp³-hybridized carbons (Fsp3) is 0.588. The average Bonchev–Trinajstić information content (AvgIpc) is 2.41. The van der Waals surface area contributed by atoms with E-state index in [1.54, 1.807) is 6.07 Å². The van der Waals surface area contributed by atoms with Crippen LogP contribution in [0.1, 0.15) is 37.3 Å². The van der Waals surface area contributed by atoms with E-state index in [4.69, 9.17) is 5.11 Å². The largest absolute Gasteiger partial charge is 0.481 e. The lowest BCUT2D eigenvalue weighted by Crippen LogP contribution is -2.38. The van der Waals surface area contributed by atoms with E-state index in [9.17, 15) is 9.18 Å². The van der Waals surface area contributed by atoms with Gasteiger partial charge in [-0.25, -0.2) is 4.39 Å². The third-order valence-corrected chi connectivity index (χ3v) is 4.54. The van der Waals surface area contributed by atoms with Crippen LogP contribution in [-0.4, -0.2) is 29.1 Å². The maximum atomic E-state index is 13.1. The Morgan fingerprint density at radius 2 is 2.29 bits per heavy atom. The molecule has 2 rings (SSSR count). The summed E-state index contributed by atoms with van der Waals surface area (Å²) in [7, 11) is 0. The molecule has 1 heterocycles. The third-order valence-electron chi connectivity index (χ3n) is 4.54. The number of carboxylic acids is 1. The van der Waals surface area contributed by atoms with Crippen molar-refractivity contribution in [3.05, 3.63) is 35.1 Å². The van der Waals surface area contributed by atoms with Gasteiger partial charge < -0.3 is 5.11 Å². The molecule has 0 amide bonds. The molecule has 0 aliphatic carbocycles. The number of carbonyl (C=O) groups is 1. The highest BCUT2D eigenvalue weighted by Gasteiger charge is 2.26. The molecule has 1 aliphatic rings. The van der Waals surface area contributed by atoms with Gasteiger partial charge in [-0.15, -0.1) is 0 Å². The second kappa shape index (κ2) is 7.03. The number of halogens is 1. The molecule has 1 fully saturated rings. The summed E-state index contributed by atoms with van der Waals surface area (Å²) in [5, 5.41) is 8.93. The molecule has 0 radical (unpaired) electrons. The van der Waals surface area contributed by atoms with E-state index in [0.29, 0.717) is 5.92 Å². The van der Waals surface area contributed by atoms with Crippen molar-refractivity contribution in [3.63, 3.8) is 0 Å². The predicted octanol–water partition coefficient (Wildman–Crippen LogP) is 3.46. The summed E-state index contributed by atoms with van der Waals surface area (Å²) in [6.45, 7) is 6.76. The van der Waals surface area contributed by atoms with Crippen LogP contribution >= 0.6 is 0 Å². The minimum Gasteiger partial charge on any atom is -0.481 e. The Morgan fingerprint density at radius 3 is 2.95 bits per heavy atom. The van der Waals surface area contributed by atoms with E-state index in [0.717, 1.165) is 43.6 Å². The summed E-state index contributed by atoms with van der Waals surface area (Å²) in [6.07, 6.45) is 2.45. The Kier molecular flexibility index (Phi) is 5.34. The molecular weight excluding hydrogens is 269 g/mol. The Hall–Kier alpha value is -1.42. The molecule has 2 unspecified atom stereocenters. The van der Waals surface area contributed by atoms with Crippen LogP contribution in [0.25, 0.3) is 0 Å². The molecule has 0 aromatic heterocycles. The maximum Gasteiger partial charge on any atom is 0.303 e. The molecule has 116 valence electrons. The van der Waals surface area contributed by atoms with Crippen LogP contribution in [-0.2, 0) is 11.3 Å². The monoisotopic (exact) mass is 293 g/mol. The summed E-state index contributed by atoms with van der Waals surface area (Å²) in [4.78, 5) is 13.2. The van der Waals surface area contributed by atoms with Gasteiger partial charge in [0.1, 0.15) is 5.82 Å². The fourth-order valence-corrected chi connectivity index (χ4v) is 3.22. The maximum absolute atomic E-state index is 13.1. The van der Waals surface area contributed by atoms with E-state index < -0.39 is 5.97 Å². The number of benzene rings is 1. The van der Waals surface area contributed by atoms with Crippen LogP contribution < -0.4 is 0 Å². The van der Waals surface area contributed by atoms with E-state index in [1.807, 2.05) is 19.9 Å². The van der Waals surface area contributed by atoms with Gasteiger partial charge in [0, 0.05) is 19.5 Å². The van der Waals surface area contributed by atoms with Crippen LogP contribution in [0.3, 0.4) is 0 Å². The lowest BCUT2D eigenvalue weighted by molar-refractivity contribution is -0.138. The van der Waals surface area contributed by atoms with Gasteiger partial charge in [-0.3, -0.25) is 9.69 Å². The smallest absolute Gasteiger partial charge is 0.303 e. The van der Waals surface area contributed by atoms with Crippen molar-refractivity contribution >= 4 is 5.97 Å². The van der Waals surface area contributed by atoms with Gasteiger partial charge in [0.2, 0.25) is 0 Å². The molecule has 1 aromatic carbocycles. The highest BCUT2D eigenvalue weighted by molar-refractivity contribution is 5.67. The molecule has 0 saturated carbocycles. The van der Waals surface area contributed by atoms with Crippen molar-refractivity contribution in [3.8, 4) is 0 Å². The van der Waals surface area contributed by atoms with Gasteiger partial charge in [-0.05, 0) is 61.4 Å². The van der Waals surface area contributed by atoms with Crippen molar-refractivity contribution in [1.29, 1.82) is 0 Å². The second-order valence-electron chi connectivity index (χ2n) is 6.28. The molecule has 1 N–H and O–H groups in total. The van der Waals surface area contributed by atoms with E-state index in [-0.39, 0.29) is 18.2 Å². The average molecular weight is 293 g/mol. The first kappa shape index (κ1) is 16.0. The lowest BCUT2D eigenvalue weighted by Gasteiger charge is -2.35. The number of nitrogens with zero attached hydrogens (tertiary/aromatic N) is 1. The van der Waals surface area contributed by atoms with E-state index >= 15 is 0 Å². The first-order valence-corrected chi connectivity index (χ1v) is 7.65. The number of aliphatic carboxylic acids is 1. The van der Waals surface area contributed by atoms with Crippen LogP contribution in [0.2, 0.25) is 0 Å². The van der Waals surface area contributed by atoms with E-state index in [2.05, 4.69) is 4.90 Å². The van der Waals surface area contributed by atoms with Crippen LogP contribution in [0.5, 0.6) is 0 Å². The zero-order valence-corrected chi connectivity index (χ0v) is 12.8. The topological polar surface area (TPSA) is 40.5 Å². The summed E-state index contributed by atoms with van der Waals surface area (Å²) in [5.74, 6) is -0.257. The lowest BCUT2D eigenvalue weighted by atomic mass is 9.84. The number of likely N-dealkylation sites (tertiary alicyclic amines) is 1. The predicted molar refractivity (Wildman–Crippen MR) is 80.6 cm³/mol. The quantitative estimate of drug-likeness (QED) is 0.904. The Bertz CT molecular complexity index is 504. The van der Waals surface area contributed by atoms with Gasteiger partial charge in [0.05, 0.1) is 0 Å². The number of piperidine rings is 1. The second-order valence-corrected chi connectivity index (χ2v) is 6.28. The minimum absolute atomic E-state index is 0.192. The van der Waals surface area contributed by atoms with Crippen molar-refractivity contribution in [2.45, 2.75) is 39.7 Å².